The summed E-state index contributed by atoms with van der Waals surface area (Å²) >= 11 is 0. The second-order valence-corrected chi connectivity index (χ2v) is 6.31. The largest absolute Gasteiger partial charge is 0.401 e. The quantitative estimate of drug-likeness (QED) is 0.805. The summed E-state index contributed by atoms with van der Waals surface area (Å²) < 4.78 is 36.2. The van der Waals surface area contributed by atoms with Crippen LogP contribution < -0.4 is 5.32 Å². The van der Waals surface area contributed by atoms with Crippen molar-refractivity contribution in [2.24, 2.45) is 5.92 Å². The zero-order valence-corrected chi connectivity index (χ0v) is 13.1. The number of hydrogen-bond donors (Lipinski definition) is 1. The third-order valence-corrected chi connectivity index (χ3v) is 4.18. The van der Waals surface area contributed by atoms with Crippen LogP contribution in [0.1, 0.15) is 30.4 Å². The van der Waals surface area contributed by atoms with E-state index in [-0.39, 0.29) is 0 Å². The van der Waals surface area contributed by atoms with E-state index in [0.717, 1.165) is 38.9 Å². The van der Waals surface area contributed by atoms with Crippen LogP contribution in [0.15, 0.2) is 24.3 Å². The van der Waals surface area contributed by atoms with Gasteiger partial charge in [-0.3, -0.25) is 4.90 Å². The van der Waals surface area contributed by atoms with E-state index >= 15 is 0 Å². The molecule has 1 saturated heterocycles. The minimum Gasteiger partial charge on any atom is -0.309 e. The number of likely N-dealkylation sites (tertiary alicyclic amines) is 1. The first-order valence-electron chi connectivity index (χ1n) is 7.98. The van der Waals surface area contributed by atoms with Crippen LogP contribution in [0, 0.1) is 12.8 Å². The van der Waals surface area contributed by atoms with Crippen molar-refractivity contribution in [3.63, 3.8) is 0 Å². The number of nitrogens with zero attached hydrogens (tertiary/aromatic N) is 1. The number of nitrogens with one attached hydrogen (secondary N) is 1. The molecular formula is C17H25F3N2. The predicted molar refractivity (Wildman–Crippen MR) is 82.7 cm³/mol. The van der Waals surface area contributed by atoms with Gasteiger partial charge in [0.05, 0.1) is 6.54 Å². The summed E-state index contributed by atoms with van der Waals surface area (Å²) in [7, 11) is 0. The number of benzene rings is 1. The molecular weight excluding hydrogens is 289 g/mol. The highest BCUT2D eigenvalue weighted by molar-refractivity contribution is 5.21. The zero-order chi connectivity index (χ0) is 16.0. The van der Waals surface area contributed by atoms with Gasteiger partial charge in [-0.15, -0.1) is 0 Å². The Morgan fingerprint density at radius 2 is 1.95 bits per heavy atom. The van der Waals surface area contributed by atoms with E-state index in [0.29, 0.717) is 12.5 Å². The van der Waals surface area contributed by atoms with Gasteiger partial charge in [-0.25, -0.2) is 0 Å². The molecule has 0 bridgehead atoms. The molecule has 5 heteroatoms. The SMILES string of the molecule is Cc1ccc(CN2CCCC(CCNCC(F)(F)F)C2)cc1. The Morgan fingerprint density at radius 1 is 1.23 bits per heavy atom. The van der Waals surface area contributed by atoms with Crippen LogP contribution in [0.3, 0.4) is 0 Å². The van der Waals surface area contributed by atoms with Crippen LogP contribution in [0.2, 0.25) is 0 Å². The summed E-state index contributed by atoms with van der Waals surface area (Å²) in [5.74, 6) is 0.500. The van der Waals surface area contributed by atoms with Crippen LogP contribution in [0.4, 0.5) is 13.2 Å². The Labute approximate surface area is 130 Å². The van der Waals surface area contributed by atoms with Gasteiger partial charge in [0, 0.05) is 13.1 Å². The number of piperidine rings is 1. The van der Waals surface area contributed by atoms with E-state index in [1.165, 1.54) is 11.1 Å². The third-order valence-electron chi connectivity index (χ3n) is 4.18. The van der Waals surface area contributed by atoms with E-state index in [1.807, 2.05) is 0 Å². The molecule has 0 aliphatic carbocycles. The Morgan fingerprint density at radius 3 is 2.64 bits per heavy atom. The summed E-state index contributed by atoms with van der Waals surface area (Å²) in [6.45, 7) is 4.65. The maximum Gasteiger partial charge on any atom is 0.401 e. The normalized spacial score (nSPS) is 20.3. The smallest absolute Gasteiger partial charge is 0.309 e. The summed E-state index contributed by atoms with van der Waals surface area (Å²) in [4.78, 5) is 2.42. The van der Waals surface area contributed by atoms with Gasteiger partial charge in [0.15, 0.2) is 0 Å². The second-order valence-electron chi connectivity index (χ2n) is 6.31. The van der Waals surface area contributed by atoms with Crippen molar-refractivity contribution < 1.29 is 13.2 Å². The topological polar surface area (TPSA) is 15.3 Å². The first-order chi connectivity index (χ1) is 10.4. The highest BCUT2D eigenvalue weighted by atomic mass is 19.4. The van der Waals surface area contributed by atoms with Gasteiger partial charge < -0.3 is 5.32 Å². The molecule has 1 aliphatic rings. The van der Waals surface area contributed by atoms with Crippen LogP contribution in [-0.4, -0.2) is 37.3 Å². The molecule has 0 spiro atoms. The standard InChI is InChI=1S/C17H25F3N2/c1-14-4-6-16(7-5-14)12-22-10-2-3-15(11-22)8-9-21-13-17(18,19)20/h4-7,15,21H,2-3,8-13H2,1H3. The van der Waals surface area contributed by atoms with E-state index < -0.39 is 12.7 Å². The number of alkyl halides is 3. The summed E-state index contributed by atoms with van der Waals surface area (Å²) in [6, 6.07) is 8.56. The molecule has 0 saturated carbocycles. The minimum atomic E-state index is -4.11. The predicted octanol–water partition coefficient (Wildman–Crippen LogP) is 3.75. The molecule has 22 heavy (non-hydrogen) atoms. The Hall–Kier alpha value is -1.07. The molecule has 0 radical (unpaired) electrons. The van der Waals surface area contributed by atoms with Crippen LogP contribution in [0.25, 0.3) is 0 Å². The fourth-order valence-electron chi connectivity index (χ4n) is 3.02. The zero-order valence-electron chi connectivity index (χ0n) is 13.1. The number of halogens is 3. The monoisotopic (exact) mass is 314 g/mol. The molecule has 2 rings (SSSR count). The maximum atomic E-state index is 12.1. The highest BCUT2D eigenvalue weighted by Crippen LogP contribution is 2.21. The van der Waals surface area contributed by atoms with Gasteiger partial charge >= 0.3 is 6.18 Å². The lowest BCUT2D eigenvalue weighted by molar-refractivity contribution is -0.124. The molecule has 1 aliphatic heterocycles. The van der Waals surface area contributed by atoms with Crippen molar-refractivity contribution in [2.45, 2.75) is 38.9 Å². The van der Waals surface area contributed by atoms with Gasteiger partial charge in [0.2, 0.25) is 0 Å². The minimum absolute atomic E-state index is 0.447. The lowest BCUT2D eigenvalue weighted by Crippen LogP contribution is -2.37. The van der Waals surface area contributed by atoms with E-state index in [4.69, 9.17) is 0 Å². The van der Waals surface area contributed by atoms with Crippen LogP contribution in [0.5, 0.6) is 0 Å². The summed E-state index contributed by atoms with van der Waals surface area (Å²) in [6.07, 6.45) is -1.03. The Kier molecular flexibility index (Phi) is 6.26. The Bertz CT molecular complexity index is 442. The van der Waals surface area contributed by atoms with Crippen molar-refractivity contribution in [3.05, 3.63) is 35.4 Å². The molecule has 124 valence electrons. The molecule has 1 heterocycles. The van der Waals surface area contributed by atoms with Crippen molar-refractivity contribution >= 4 is 0 Å². The molecule has 0 aromatic heterocycles. The van der Waals surface area contributed by atoms with Gasteiger partial charge in [-0.2, -0.15) is 13.2 Å². The number of aryl methyl sites for hydroxylation is 1. The molecule has 1 aromatic carbocycles. The van der Waals surface area contributed by atoms with Crippen molar-refractivity contribution in [1.29, 1.82) is 0 Å². The molecule has 1 aromatic rings. The van der Waals surface area contributed by atoms with E-state index in [1.54, 1.807) is 0 Å². The van der Waals surface area contributed by atoms with Crippen LogP contribution in [-0.2, 0) is 6.54 Å². The molecule has 1 unspecified atom stereocenters. The molecule has 0 amide bonds. The van der Waals surface area contributed by atoms with Crippen molar-refractivity contribution in [1.82, 2.24) is 10.2 Å². The molecule has 1 atom stereocenters. The van der Waals surface area contributed by atoms with Gasteiger partial charge in [0.25, 0.3) is 0 Å². The Balaban J connectivity index is 1.71. The lowest BCUT2D eigenvalue weighted by Gasteiger charge is -2.33. The first kappa shape index (κ1) is 17.3. The lowest BCUT2D eigenvalue weighted by atomic mass is 9.94. The summed E-state index contributed by atoms with van der Waals surface area (Å²) in [5, 5.41) is 2.50. The van der Waals surface area contributed by atoms with E-state index in [9.17, 15) is 13.2 Å². The fraction of sp³-hybridized carbons (Fsp3) is 0.647. The number of rotatable bonds is 6. The first-order valence-corrected chi connectivity index (χ1v) is 7.98. The fourth-order valence-corrected chi connectivity index (χ4v) is 3.02. The molecule has 1 fully saturated rings. The number of hydrogen-bond acceptors (Lipinski definition) is 2. The summed E-state index contributed by atoms with van der Waals surface area (Å²) in [5.41, 5.74) is 2.57. The van der Waals surface area contributed by atoms with Crippen molar-refractivity contribution in [3.8, 4) is 0 Å². The maximum absolute atomic E-state index is 12.1. The third kappa shape index (κ3) is 6.36. The molecule has 1 N–H and O–H groups in total. The van der Waals surface area contributed by atoms with Gasteiger partial charge in [0.1, 0.15) is 0 Å². The van der Waals surface area contributed by atoms with Gasteiger partial charge in [-0.1, -0.05) is 29.8 Å². The second kappa shape index (κ2) is 7.97. The van der Waals surface area contributed by atoms with Gasteiger partial charge in [-0.05, 0) is 50.8 Å². The van der Waals surface area contributed by atoms with E-state index in [2.05, 4.69) is 41.4 Å². The molecule has 2 nitrogen and oxygen atoms in total. The average Bonchev–Trinajstić information content (AvgIpc) is 2.46. The van der Waals surface area contributed by atoms with Crippen LogP contribution >= 0.6 is 0 Å². The highest BCUT2D eigenvalue weighted by Gasteiger charge is 2.26. The average molecular weight is 314 g/mol. The van der Waals surface area contributed by atoms with Crippen molar-refractivity contribution in [2.75, 3.05) is 26.2 Å².